The topological polar surface area (TPSA) is 137 Å². The molecule has 4 rings (SSSR count). The van der Waals surface area contributed by atoms with Crippen molar-refractivity contribution in [2.45, 2.75) is 18.6 Å². The van der Waals surface area contributed by atoms with E-state index in [4.69, 9.17) is 20.9 Å². The molecule has 1 saturated heterocycles. The number of nitrogen functional groups attached to an aromatic ring is 2. The fourth-order valence-corrected chi connectivity index (χ4v) is 3.71. The van der Waals surface area contributed by atoms with Gasteiger partial charge in [-0.05, 0) is 11.6 Å². The molecule has 3 heterocycles. The summed E-state index contributed by atoms with van der Waals surface area (Å²) in [5.74, 6) is -0.141. The van der Waals surface area contributed by atoms with E-state index in [0.29, 0.717) is 56.5 Å². The second kappa shape index (κ2) is 6.67. The van der Waals surface area contributed by atoms with Gasteiger partial charge in [0.15, 0.2) is 5.60 Å². The lowest BCUT2D eigenvalue weighted by Gasteiger charge is -2.31. The van der Waals surface area contributed by atoms with Gasteiger partial charge in [0, 0.05) is 26.1 Å². The van der Waals surface area contributed by atoms with Crippen molar-refractivity contribution in [2.24, 2.45) is 0 Å². The Morgan fingerprint density at radius 1 is 1.30 bits per heavy atom. The number of nitrogens with zero attached hydrogens (tertiary/aromatic N) is 3. The monoisotopic (exact) mass is 371 g/mol. The zero-order valence-corrected chi connectivity index (χ0v) is 14.7. The molecule has 2 aliphatic rings. The fraction of sp³-hybridized carbons (Fsp3) is 0.389. The van der Waals surface area contributed by atoms with Gasteiger partial charge in [-0.25, -0.2) is 4.79 Å². The molecule has 0 amide bonds. The molecule has 1 fully saturated rings. The van der Waals surface area contributed by atoms with E-state index >= 15 is 0 Å². The molecule has 5 N–H and O–H groups in total. The molecule has 9 nitrogen and oxygen atoms in total. The van der Waals surface area contributed by atoms with Crippen LogP contribution in [0.1, 0.15) is 21.5 Å². The number of nitrogens with two attached hydrogens (primary N) is 2. The van der Waals surface area contributed by atoms with Crippen molar-refractivity contribution >= 4 is 17.7 Å². The Morgan fingerprint density at radius 2 is 2.11 bits per heavy atom. The molecule has 1 aromatic heterocycles. The van der Waals surface area contributed by atoms with Gasteiger partial charge in [-0.3, -0.25) is 4.90 Å². The number of hydrogen-bond acceptors (Lipinski definition) is 8. The van der Waals surface area contributed by atoms with Crippen molar-refractivity contribution in [3.8, 4) is 5.88 Å². The molecule has 142 valence electrons. The van der Waals surface area contributed by atoms with E-state index in [1.54, 1.807) is 12.1 Å². The first-order valence-electron chi connectivity index (χ1n) is 8.68. The second-order valence-electron chi connectivity index (χ2n) is 6.94. The summed E-state index contributed by atoms with van der Waals surface area (Å²) in [5.41, 5.74) is 12.8. The highest BCUT2D eigenvalue weighted by Gasteiger charge is 2.44. The zero-order valence-electron chi connectivity index (χ0n) is 14.7. The molecule has 0 radical (unpaired) electrons. The van der Waals surface area contributed by atoms with E-state index in [0.717, 1.165) is 11.1 Å². The molecular formula is C18H21N5O4. The molecular weight excluding hydrogens is 350 g/mol. The van der Waals surface area contributed by atoms with E-state index < -0.39 is 11.6 Å². The van der Waals surface area contributed by atoms with Crippen LogP contribution in [0.5, 0.6) is 5.88 Å². The Labute approximate surface area is 155 Å². The van der Waals surface area contributed by atoms with Crippen molar-refractivity contribution in [3.63, 3.8) is 0 Å². The lowest BCUT2D eigenvalue weighted by Crippen LogP contribution is -2.48. The van der Waals surface area contributed by atoms with Crippen LogP contribution in [0.15, 0.2) is 24.3 Å². The van der Waals surface area contributed by atoms with Gasteiger partial charge in [-0.2, -0.15) is 9.97 Å². The summed E-state index contributed by atoms with van der Waals surface area (Å²) in [7, 11) is 0. The maximum absolute atomic E-state index is 11.5. The molecule has 1 spiro atoms. The fourth-order valence-electron chi connectivity index (χ4n) is 3.71. The summed E-state index contributed by atoms with van der Waals surface area (Å²) in [6.45, 7) is 2.62. The van der Waals surface area contributed by atoms with Gasteiger partial charge in [0.2, 0.25) is 11.8 Å². The van der Waals surface area contributed by atoms with Crippen LogP contribution in [-0.4, -0.2) is 57.8 Å². The highest BCUT2D eigenvalue weighted by Crippen LogP contribution is 2.38. The molecule has 0 aliphatic carbocycles. The SMILES string of the molecule is Nc1nc(N)c2c(n1)O[C@]1(COCCN(Cc3ccccc3C(=O)O)C1)C2. The standard InChI is InChI=1S/C18H21N5O4/c19-14-13-7-18(27-15(13)22-17(20)21-14)9-23(5-6-26-10-18)8-11-3-1-2-4-12(11)16(24)25/h1-4H,5-10H2,(H,24,25)(H4,19,20,21,22)/t18-/m1/s1. The Bertz CT molecular complexity index is 890. The first-order valence-corrected chi connectivity index (χ1v) is 8.68. The molecule has 1 atom stereocenters. The maximum atomic E-state index is 11.5. The van der Waals surface area contributed by atoms with Crippen LogP contribution in [0.4, 0.5) is 11.8 Å². The van der Waals surface area contributed by atoms with Crippen LogP contribution in [-0.2, 0) is 17.7 Å². The van der Waals surface area contributed by atoms with E-state index in [2.05, 4.69) is 14.9 Å². The summed E-state index contributed by atoms with van der Waals surface area (Å²) in [5, 5.41) is 9.42. The summed E-state index contributed by atoms with van der Waals surface area (Å²) in [6.07, 6.45) is 0.519. The molecule has 2 aromatic rings. The smallest absolute Gasteiger partial charge is 0.336 e. The number of carboxylic acids is 1. The highest BCUT2D eigenvalue weighted by molar-refractivity contribution is 5.89. The third-order valence-electron chi connectivity index (χ3n) is 4.90. The normalized spacial score (nSPS) is 22.2. The number of fused-ring (bicyclic) bond motifs is 1. The molecule has 0 saturated carbocycles. The predicted molar refractivity (Wildman–Crippen MR) is 97.4 cm³/mol. The molecule has 1 aromatic carbocycles. The lowest BCUT2D eigenvalue weighted by molar-refractivity contribution is -0.00266. The minimum absolute atomic E-state index is 0.0741. The van der Waals surface area contributed by atoms with Crippen LogP contribution < -0.4 is 16.2 Å². The number of rotatable bonds is 3. The van der Waals surface area contributed by atoms with E-state index in [1.807, 2.05) is 12.1 Å². The minimum atomic E-state index is -0.936. The van der Waals surface area contributed by atoms with Gasteiger partial charge < -0.3 is 26.0 Å². The number of anilines is 2. The highest BCUT2D eigenvalue weighted by atomic mass is 16.6. The van der Waals surface area contributed by atoms with Gasteiger partial charge >= 0.3 is 5.97 Å². The van der Waals surface area contributed by atoms with Crippen molar-refractivity contribution in [3.05, 3.63) is 41.0 Å². The van der Waals surface area contributed by atoms with Crippen LogP contribution in [0.2, 0.25) is 0 Å². The molecule has 9 heteroatoms. The number of hydrogen-bond donors (Lipinski definition) is 3. The van der Waals surface area contributed by atoms with Crippen LogP contribution in [0.3, 0.4) is 0 Å². The van der Waals surface area contributed by atoms with E-state index in [9.17, 15) is 9.90 Å². The minimum Gasteiger partial charge on any atom is -0.478 e. The summed E-state index contributed by atoms with van der Waals surface area (Å²) in [6, 6.07) is 7.01. The number of aromatic carboxylic acids is 1. The Morgan fingerprint density at radius 3 is 2.93 bits per heavy atom. The van der Waals surface area contributed by atoms with Crippen molar-refractivity contribution in [1.29, 1.82) is 0 Å². The van der Waals surface area contributed by atoms with Crippen LogP contribution in [0.25, 0.3) is 0 Å². The van der Waals surface area contributed by atoms with Crippen LogP contribution >= 0.6 is 0 Å². The Hall–Kier alpha value is -2.91. The second-order valence-corrected chi connectivity index (χ2v) is 6.94. The maximum Gasteiger partial charge on any atom is 0.336 e. The average Bonchev–Trinajstić information content (AvgIpc) is 2.85. The Kier molecular flexibility index (Phi) is 4.33. The average molecular weight is 371 g/mol. The predicted octanol–water partition coefficient (Wildman–Crippen LogP) is 0.545. The molecule has 0 bridgehead atoms. The number of carbonyl (C=O) groups is 1. The lowest BCUT2D eigenvalue weighted by atomic mass is 9.97. The first kappa shape index (κ1) is 17.5. The number of aromatic nitrogens is 2. The third-order valence-corrected chi connectivity index (χ3v) is 4.90. The van der Waals surface area contributed by atoms with Gasteiger partial charge in [-0.15, -0.1) is 0 Å². The van der Waals surface area contributed by atoms with Gasteiger partial charge in [0.05, 0.1) is 24.3 Å². The molecule has 2 aliphatic heterocycles. The number of ether oxygens (including phenoxy) is 2. The van der Waals surface area contributed by atoms with E-state index in [-0.39, 0.29) is 5.95 Å². The summed E-state index contributed by atoms with van der Waals surface area (Å²) < 4.78 is 11.9. The van der Waals surface area contributed by atoms with Crippen molar-refractivity contribution in [2.75, 3.05) is 37.8 Å². The van der Waals surface area contributed by atoms with Crippen molar-refractivity contribution < 1.29 is 19.4 Å². The first-order chi connectivity index (χ1) is 13.0. The van der Waals surface area contributed by atoms with Crippen molar-refractivity contribution in [1.82, 2.24) is 14.9 Å². The number of benzene rings is 1. The summed E-state index contributed by atoms with van der Waals surface area (Å²) >= 11 is 0. The quantitative estimate of drug-likeness (QED) is 0.706. The van der Waals surface area contributed by atoms with Gasteiger partial charge in [-0.1, -0.05) is 18.2 Å². The van der Waals surface area contributed by atoms with Gasteiger partial charge in [0.25, 0.3) is 0 Å². The third kappa shape index (κ3) is 3.38. The number of carboxylic acid groups (broad SMARTS) is 1. The molecule has 27 heavy (non-hydrogen) atoms. The largest absolute Gasteiger partial charge is 0.478 e. The Balaban J connectivity index is 1.58. The zero-order chi connectivity index (χ0) is 19.0. The summed E-state index contributed by atoms with van der Waals surface area (Å²) in [4.78, 5) is 21.8. The van der Waals surface area contributed by atoms with Gasteiger partial charge in [0.1, 0.15) is 5.82 Å². The molecule has 0 unspecified atom stereocenters. The van der Waals surface area contributed by atoms with E-state index in [1.165, 1.54) is 0 Å². The van der Waals surface area contributed by atoms with Crippen LogP contribution in [0, 0.1) is 0 Å².